The summed E-state index contributed by atoms with van der Waals surface area (Å²) in [7, 11) is 8.48. The van der Waals surface area contributed by atoms with Crippen LogP contribution in [0.4, 0.5) is 22.2 Å². The number of nitrogens with zero attached hydrogens (tertiary/aromatic N) is 5. The van der Waals surface area contributed by atoms with Crippen LogP contribution in [0.1, 0.15) is 23.1 Å². The van der Waals surface area contributed by atoms with E-state index in [9.17, 15) is 4.79 Å². The predicted octanol–water partition coefficient (Wildman–Crippen LogP) is 6.09. The van der Waals surface area contributed by atoms with Crippen molar-refractivity contribution in [1.29, 1.82) is 0 Å². The molecule has 5 rings (SSSR count). The van der Waals surface area contributed by atoms with Gasteiger partial charge in [-0.2, -0.15) is 4.98 Å². The Balaban J connectivity index is 1.38. The largest absolute Gasteiger partial charge is 0.497 e. The smallest absolute Gasteiger partial charge is 0.421 e. The lowest BCUT2D eigenvalue weighted by Gasteiger charge is -2.32. The van der Waals surface area contributed by atoms with Crippen LogP contribution in [0.3, 0.4) is 0 Å². The average Bonchev–Trinajstić information content (AvgIpc) is 3.14. The molecule has 1 saturated heterocycles. The number of likely N-dealkylation sites (N-methyl/N-ethyl adjacent to an activating group) is 1. The van der Waals surface area contributed by atoms with E-state index in [-0.39, 0.29) is 12.5 Å². The molecule has 4 aromatic rings. The van der Waals surface area contributed by atoms with Gasteiger partial charge in [-0.1, -0.05) is 18.2 Å². The second kappa shape index (κ2) is 17.6. The second-order valence-electron chi connectivity index (χ2n) is 12.3. The normalized spacial score (nSPS) is 13.3. The number of piperazine rings is 1. The van der Waals surface area contributed by atoms with Gasteiger partial charge in [-0.25, -0.2) is 9.78 Å². The van der Waals surface area contributed by atoms with Gasteiger partial charge in [0.25, 0.3) is 0 Å². The van der Waals surface area contributed by atoms with E-state index in [1.54, 1.807) is 65.0 Å². The number of carbonyl (C=O) groups excluding carboxylic acids is 1. The topological polar surface area (TPSA) is 120 Å². The highest BCUT2D eigenvalue weighted by Gasteiger charge is 2.24. The molecule has 1 amide bonds. The van der Waals surface area contributed by atoms with Crippen LogP contribution in [-0.2, 0) is 6.54 Å². The summed E-state index contributed by atoms with van der Waals surface area (Å²) in [5, 5.41) is 3.23. The number of aromatic nitrogens is 2. The van der Waals surface area contributed by atoms with Crippen molar-refractivity contribution in [2.75, 3.05) is 85.0 Å². The highest BCUT2D eigenvalue weighted by molar-refractivity contribution is 5.88. The van der Waals surface area contributed by atoms with Gasteiger partial charge in [-0.15, -0.1) is 0 Å². The van der Waals surface area contributed by atoms with Crippen LogP contribution in [0.2, 0.25) is 0 Å². The summed E-state index contributed by atoms with van der Waals surface area (Å²) < 4.78 is 34.7. The first-order valence-corrected chi connectivity index (χ1v) is 16.9. The van der Waals surface area contributed by atoms with Crippen molar-refractivity contribution in [3.8, 4) is 34.5 Å². The molecule has 1 aliphatic rings. The molecule has 0 aliphatic carbocycles. The maximum absolute atomic E-state index is 14.0. The van der Waals surface area contributed by atoms with Crippen molar-refractivity contribution in [3.63, 3.8) is 0 Å². The Hall–Kier alpha value is -5.27. The van der Waals surface area contributed by atoms with Crippen LogP contribution >= 0.6 is 0 Å². The zero-order valence-electron chi connectivity index (χ0n) is 30.5. The summed E-state index contributed by atoms with van der Waals surface area (Å²) in [5.74, 6) is 3.73. The predicted molar refractivity (Wildman–Crippen MR) is 197 cm³/mol. The first-order chi connectivity index (χ1) is 24.7. The van der Waals surface area contributed by atoms with E-state index in [1.807, 2.05) is 38.1 Å². The van der Waals surface area contributed by atoms with E-state index in [1.165, 1.54) is 4.90 Å². The minimum atomic E-state index is -0.626. The molecule has 0 bridgehead atoms. The number of nitrogens with one attached hydrogen (secondary N) is 1. The van der Waals surface area contributed by atoms with Crippen molar-refractivity contribution in [2.45, 2.75) is 26.8 Å². The number of benzene rings is 3. The van der Waals surface area contributed by atoms with Crippen LogP contribution < -0.4 is 38.6 Å². The van der Waals surface area contributed by atoms with E-state index in [0.29, 0.717) is 58.2 Å². The van der Waals surface area contributed by atoms with Gasteiger partial charge in [0, 0.05) is 62.3 Å². The number of amides is 1. The van der Waals surface area contributed by atoms with Crippen LogP contribution in [-0.4, -0.2) is 101 Å². The summed E-state index contributed by atoms with van der Waals surface area (Å²) in [6, 6.07) is 16.3. The molecular weight excluding hydrogens is 652 g/mol. The minimum absolute atomic E-state index is 0.0725. The molecule has 0 spiro atoms. The average molecular weight is 701 g/mol. The van der Waals surface area contributed by atoms with Crippen LogP contribution in [0.15, 0.2) is 60.8 Å². The molecule has 13 nitrogen and oxygen atoms in total. The molecular formula is C38H48N6O7. The van der Waals surface area contributed by atoms with Crippen LogP contribution in [0, 0.1) is 13.8 Å². The third-order valence-corrected chi connectivity index (χ3v) is 8.73. The Bertz CT molecular complexity index is 1730. The molecule has 0 radical (unpaired) electrons. The fourth-order valence-electron chi connectivity index (χ4n) is 5.83. The van der Waals surface area contributed by atoms with Crippen LogP contribution in [0.5, 0.6) is 34.5 Å². The Morgan fingerprint density at radius 3 is 2.18 bits per heavy atom. The van der Waals surface area contributed by atoms with E-state index in [0.717, 1.165) is 50.3 Å². The minimum Gasteiger partial charge on any atom is -0.497 e. The number of anilines is 3. The maximum atomic E-state index is 14.0. The fraction of sp³-hybridized carbons (Fsp3) is 0.395. The number of carbonyl (C=O) groups is 1. The quantitative estimate of drug-likeness (QED) is 0.145. The lowest BCUT2D eigenvalue weighted by atomic mass is 10.1. The molecule has 0 atom stereocenters. The van der Waals surface area contributed by atoms with Crippen molar-refractivity contribution in [2.24, 2.45) is 0 Å². The van der Waals surface area contributed by atoms with Gasteiger partial charge in [0.1, 0.15) is 23.1 Å². The SMILES string of the molecule is COc1ccc(OC)c(CN(C(=O)Oc2c(C)cccc2C)c2ccnc(Nc3cc(OC)c(OCCCN4CCN(C)CC4)c(OC)c3)n2)c1. The van der Waals surface area contributed by atoms with E-state index >= 15 is 0 Å². The third-order valence-electron chi connectivity index (χ3n) is 8.73. The molecule has 0 unspecified atom stereocenters. The van der Waals surface area contributed by atoms with Crippen molar-refractivity contribution >= 4 is 23.5 Å². The molecule has 1 N–H and O–H groups in total. The van der Waals surface area contributed by atoms with Crippen molar-refractivity contribution < 1.29 is 33.2 Å². The number of ether oxygens (including phenoxy) is 6. The number of rotatable bonds is 15. The van der Waals surface area contributed by atoms with Crippen LogP contribution in [0.25, 0.3) is 0 Å². The molecule has 13 heteroatoms. The molecule has 272 valence electrons. The molecule has 1 fully saturated rings. The number of methoxy groups -OCH3 is 4. The fourth-order valence-corrected chi connectivity index (χ4v) is 5.83. The first kappa shape index (κ1) is 37.0. The van der Waals surface area contributed by atoms with Crippen molar-refractivity contribution in [1.82, 2.24) is 19.8 Å². The Morgan fingerprint density at radius 2 is 1.53 bits per heavy atom. The molecule has 1 aliphatic heterocycles. The molecule has 51 heavy (non-hydrogen) atoms. The number of hydrogen-bond acceptors (Lipinski definition) is 12. The van der Waals surface area contributed by atoms with Crippen molar-refractivity contribution in [3.05, 3.63) is 77.5 Å². The van der Waals surface area contributed by atoms with Gasteiger partial charge >= 0.3 is 6.09 Å². The van der Waals surface area contributed by atoms with Gasteiger partial charge in [0.15, 0.2) is 11.5 Å². The zero-order chi connectivity index (χ0) is 36.3. The summed E-state index contributed by atoms with van der Waals surface area (Å²) in [6.07, 6.45) is 1.82. The summed E-state index contributed by atoms with van der Waals surface area (Å²) in [5.41, 5.74) is 2.96. The monoisotopic (exact) mass is 700 g/mol. The second-order valence-corrected chi connectivity index (χ2v) is 12.3. The zero-order valence-corrected chi connectivity index (χ0v) is 30.5. The van der Waals surface area contributed by atoms with Gasteiger partial charge < -0.3 is 43.5 Å². The van der Waals surface area contributed by atoms with Gasteiger partial charge in [-0.05, 0) is 62.7 Å². The van der Waals surface area contributed by atoms with E-state index < -0.39 is 6.09 Å². The van der Waals surface area contributed by atoms with Gasteiger partial charge in [-0.3, -0.25) is 4.90 Å². The molecule has 1 aromatic heterocycles. The van der Waals surface area contributed by atoms with E-state index in [2.05, 4.69) is 27.1 Å². The molecule has 0 saturated carbocycles. The number of hydrogen-bond donors (Lipinski definition) is 1. The standard InChI is InChI=1S/C38H48N6O7/c1-26-10-8-11-27(2)35(26)51-38(45)44(25-28-22-30(46-4)12-13-31(28)47-5)34-14-15-39-37(41-34)40-29-23-32(48-6)36(33(24-29)49-7)50-21-9-16-43-19-17-42(3)18-20-43/h8,10-15,22-24H,9,16-21,25H2,1-7H3,(H,39,40,41). The van der Waals surface area contributed by atoms with Gasteiger partial charge in [0.05, 0.1) is 41.6 Å². The van der Waals surface area contributed by atoms with Gasteiger partial charge in [0.2, 0.25) is 11.7 Å². The maximum Gasteiger partial charge on any atom is 0.421 e. The highest BCUT2D eigenvalue weighted by atomic mass is 16.6. The molecule has 2 heterocycles. The highest BCUT2D eigenvalue weighted by Crippen LogP contribution is 2.41. The summed E-state index contributed by atoms with van der Waals surface area (Å²) in [6.45, 7) is 9.63. The summed E-state index contributed by atoms with van der Waals surface area (Å²) in [4.78, 5) is 29.3. The Morgan fingerprint density at radius 1 is 0.843 bits per heavy atom. The van der Waals surface area contributed by atoms with E-state index in [4.69, 9.17) is 33.4 Å². The molecule has 3 aromatic carbocycles. The number of para-hydroxylation sites is 1. The Kier molecular flexibility index (Phi) is 12.8. The lowest BCUT2D eigenvalue weighted by Crippen LogP contribution is -2.44. The Labute approximate surface area is 300 Å². The summed E-state index contributed by atoms with van der Waals surface area (Å²) >= 11 is 0. The third kappa shape index (κ3) is 9.50. The first-order valence-electron chi connectivity index (χ1n) is 16.9. The lowest BCUT2D eigenvalue weighted by molar-refractivity contribution is 0.144. The number of aryl methyl sites for hydroxylation is 2.